The molecule has 0 aromatic heterocycles. The van der Waals surface area contributed by atoms with E-state index in [4.69, 9.17) is 9.47 Å². The first-order valence-electron chi connectivity index (χ1n) is 27.2. The molecule has 9 nitrogen and oxygen atoms in total. The predicted molar refractivity (Wildman–Crippen MR) is 267 cm³/mol. The van der Waals surface area contributed by atoms with Crippen molar-refractivity contribution in [1.82, 2.24) is 5.32 Å². The Morgan fingerprint density at radius 1 is 0.516 bits per heavy atom. The van der Waals surface area contributed by atoms with Crippen molar-refractivity contribution in [3.63, 3.8) is 0 Å². The Bertz CT molecular complexity index is 1100. The topological polar surface area (TPSA) is 149 Å². The first-order valence-corrected chi connectivity index (χ1v) is 27.2. The molecule has 0 aromatic carbocycles. The molecule has 1 rings (SSSR count). The van der Waals surface area contributed by atoms with Crippen molar-refractivity contribution in [1.29, 1.82) is 0 Å². The lowest BCUT2D eigenvalue weighted by atomic mass is 9.99. The van der Waals surface area contributed by atoms with Crippen molar-refractivity contribution in [2.24, 2.45) is 0 Å². The van der Waals surface area contributed by atoms with E-state index < -0.39 is 49.5 Å². The van der Waals surface area contributed by atoms with E-state index >= 15 is 0 Å². The molecule has 1 saturated heterocycles. The van der Waals surface area contributed by atoms with Crippen molar-refractivity contribution in [3.8, 4) is 0 Å². The van der Waals surface area contributed by atoms with Crippen LogP contribution in [0.1, 0.15) is 251 Å². The van der Waals surface area contributed by atoms with E-state index in [1.54, 1.807) is 6.08 Å². The lowest BCUT2D eigenvalue weighted by molar-refractivity contribution is -0.302. The van der Waals surface area contributed by atoms with Crippen LogP contribution in [0.15, 0.2) is 36.5 Å². The van der Waals surface area contributed by atoms with Gasteiger partial charge >= 0.3 is 0 Å². The van der Waals surface area contributed by atoms with Crippen LogP contribution in [0.2, 0.25) is 0 Å². The number of hydrogen-bond acceptors (Lipinski definition) is 8. The summed E-state index contributed by atoms with van der Waals surface area (Å²) in [5, 5.41) is 54.3. The largest absolute Gasteiger partial charge is 0.394 e. The van der Waals surface area contributed by atoms with Gasteiger partial charge in [0.25, 0.3) is 0 Å². The molecule has 0 spiro atoms. The van der Waals surface area contributed by atoms with E-state index in [1.165, 1.54) is 173 Å². The summed E-state index contributed by atoms with van der Waals surface area (Å²) < 4.78 is 11.2. The molecule has 1 aliphatic heterocycles. The highest BCUT2D eigenvalue weighted by Gasteiger charge is 2.44. The van der Waals surface area contributed by atoms with E-state index in [2.05, 4.69) is 43.5 Å². The Balaban J connectivity index is 2.25. The standard InChI is InChI=1S/C55H103NO8/c1-3-5-7-9-11-13-15-17-19-20-21-22-23-24-25-26-27-28-29-30-31-32-34-36-38-40-42-44-49(58)48(47-63-55-54(62)53(61)52(60)50(46-57)64-55)56-51(59)45-43-41-39-37-35-33-18-16-14-12-10-8-6-4-2/h16,18,34,36,42,44,48-50,52-55,57-58,60-62H,3-15,17,19-33,35,37-41,43,45-47H2,1-2H3,(H,56,59)/b18-16-,36-34+,44-42+. The van der Waals surface area contributed by atoms with Crippen molar-refractivity contribution < 1.29 is 39.8 Å². The van der Waals surface area contributed by atoms with Gasteiger partial charge in [-0.25, -0.2) is 0 Å². The smallest absolute Gasteiger partial charge is 0.220 e. The number of hydrogen-bond donors (Lipinski definition) is 6. The lowest BCUT2D eigenvalue weighted by Gasteiger charge is -2.40. The van der Waals surface area contributed by atoms with Gasteiger partial charge in [0.2, 0.25) is 5.91 Å². The minimum absolute atomic E-state index is 0.195. The van der Waals surface area contributed by atoms with E-state index in [0.29, 0.717) is 6.42 Å². The van der Waals surface area contributed by atoms with Crippen LogP contribution in [0.3, 0.4) is 0 Å². The third-order valence-corrected chi connectivity index (χ3v) is 12.9. The van der Waals surface area contributed by atoms with E-state index in [-0.39, 0.29) is 12.5 Å². The molecule has 1 amide bonds. The first kappa shape index (κ1) is 60.4. The maximum Gasteiger partial charge on any atom is 0.220 e. The number of nitrogens with one attached hydrogen (secondary N) is 1. The van der Waals surface area contributed by atoms with Crippen LogP contribution in [0.4, 0.5) is 0 Å². The van der Waals surface area contributed by atoms with Gasteiger partial charge in [-0.1, -0.05) is 224 Å². The maximum absolute atomic E-state index is 13.0. The molecular weight excluding hydrogens is 803 g/mol. The maximum atomic E-state index is 13.0. The minimum atomic E-state index is -1.57. The number of aliphatic hydroxyl groups excluding tert-OH is 5. The Morgan fingerprint density at radius 2 is 0.891 bits per heavy atom. The Labute approximate surface area is 393 Å². The average molecular weight is 906 g/mol. The molecule has 1 fully saturated rings. The van der Waals surface area contributed by atoms with Gasteiger partial charge in [-0.2, -0.15) is 0 Å². The van der Waals surface area contributed by atoms with Crippen LogP contribution in [-0.2, 0) is 14.3 Å². The molecule has 1 aliphatic rings. The Hall–Kier alpha value is -1.59. The summed E-state index contributed by atoms with van der Waals surface area (Å²) in [7, 11) is 0. The summed E-state index contributed by atoms with van der Waals surface area (Å²) in [6.07, 6.45) is 50.7. The molecule has 376 valence electrons. The lowest BCUT2D eigenvalue weighted by Crippen LogP contribution is -2.60. The van der Waals surface area contributed by atoms with Crippen LogP contribution < -0.4 is 5.32 Å². The van der Waals surface area contributed by atoms with Gasteiger partial charge in [0, 0.05) is 6.42 Å². The third kappa shape index (κ3) is 34.7. The fraction of sp³-hybridized carbons (Fsp3) is 0.873. The second kappa shape index (κ2) is 45.2. The molecular formula is C55H103NO8. The number of ether oxygens (including phenoxy) is 2. The predicted octanol–water partition coefficient (Wildman–Crippen LogP) is 12.8. The van der Waals surface area contributed by atoms with Crippen LogP contribution in [-0.4, -0.2) is 87.5 Å². The zero-order chi connectivity index (χ0) is 46.6. The van der Waals surface area contributed by atoms with Gasteiger partial charge in [-0.15, -0.1) is 0 Å². The molecule has 9 heteroatoms. The highest BCUT2D eigenvalue weighted by atomic mass is 16.7. The number of rotatable bonds is 46. The molecule has 7 unspecified atom stereocenters. The summed E-state index contributed by atoms with van der Waals surface area (Å²) in [5.74, 6) is -0.195. The molecule has 0 saturated carbocycles. The summed E-state index contributed by atoms with van der Waals surface area (Å²) in [4.78, 5) is 13.0. The number of carbonyl (C=O) groups excluding carboxylic acids is 1. The summed E-state index contributed by atoms with van der Waals surface area (Å²) in [6.45, 7) is 3.76. The zero-order valence-corrected chi connectivity index (χ0v) is 41.5. The quantitative estimate of drug-likeness (QED) is 0.0261. The number of allylic oxidation sites excluding steroid dienone is 5. The third-order valence-electron chi connectivity index (χ3n) is 12.9. The Kier molecular flexibility index (Phi) is 42.7. The molecule has 7 atom stereocenters. The molecule has 0 aliphatic carbocycles. The fourth-order valence-electron chi connectivity index (χ4n) is 8.58. The minimum Gasteiger partial charge on any atom is -0.394 e. The molecule has 0 bridgehead atoms. The van der Waals surface area contributed by atoms with Gasteiger partial charge in [-0.05, 0) is 57.8 Å². The highest BCUT2D eigenvalue weighted by Crippen LogP contribution is 2.23. The van der Waals surface area contributed by atoms with Crippen LogP contribution >= 0.6 is 0 Å². The molecule has 0 radical (unpaired) electrons. The van der Waals surface area contributed by atoms with Crippen molar-refractivity contribution in [2.75, 3.05) is 13.2 Å². The summed E-state index contributed by atoms with van der Waals surface area (Å²) in [5.41, 5.74) is 0. The number of aliphatic hydroxyl groups is 5. The van der Waals surface area contributed by atoms with Gasteiger partial charge in [0.1, 0.15) is 24.4 Å². The number of carbonyl (C=O) groups is 1. The number of amides is 1. The summed E-state index contributed by atoms with van der Waals surface area (Å²) in [6, 6.07) is -0.825. The van der Waals surface area contributed by atoms with Crippen molar-refractivity contribution in [3.05, 3.63) is 36.5 Å². The summed E-state index contributed by atoms with van der Waals surface area (Å²) >= 11 is 0. The SMILES string of the molecule is CCCCCCC/C=C\CCCCCCCC(=O)NC(COC1OC(CO)C(O)C(O)C1O)C(O)/C=C/CC/C=C/CCCCCCCCCCCCCCCCCCCCCCC. The molecule has 64 heavy (non-hydrogen) atoms. The second-order valence-electron chi connectivity index (χ2n) is 19.0. The van der Waals surface area contributed by atoms with E-state index in [0.717, 1.165) is 57.8 Å². The van der Waals surface area contributed by atoms with Crippen LogP contribution in [0.5, 0.6) is 0 Å². The fourth-order valence-corrected chi connectivity index (χ4v) is 8.58. The second-order valence-corrected chi connectivity index (χ2v) is 19.0. The van der Waals surface area contributed by atoms with E-state index in [1.807, 2.05) is 6.08 Å². The van der Waals surface area contributed by atoms with Gasteiger partial charge in [0.15, 0.2) is 6.29 Å². The van der Waals surface area contributed by atoms with Gasteiger partial charge < -0.3 is 40.3 Å². The van der Waals surface area contributed by atoms with Crippen LogP contribution in [0, 0.1) is 0 Å². The van der Waals surface area contributed by atoms with Gasteiger partial charge in [0.05, 0.1) is 25.4 Å². The Morgan fingerprint density at radius 3 is 1.31 bits per heavy atom. The van der Waals surface area contributed by atoms with Gasteiger partial charge in [-0.3, -0.25) is 4.79 Å². The molecule has 6 N–H and O–H groups in total. The molecule has 0 aromatic rings. The van der Waals surface area contributed by atoms with Crippen LogP contribution in [0.25, 0.3) is 0 Å². The monoisotopic (exact) mass is 906 g/mol. The van der Waals surface area contributed by atoms with Crippen molar-refractivity contribution in [2.45, 2.75) is 294 Å². The number of unbranched alkanes of at least 4 members (excludes halogenated alkanes) is 32. The zero-order valence-electron chi connectivity index (χ0n) is 41.5. The normalized spacial score (nSPS) is 20.3. The highest BCUT2D eigenvalue weighted by molar-refractivity contribution is 5.76. The van der Waals surface area contributed by atoms with Crippen molar-refractivity contribution >= 4 is 5.91 Å². The molecule has 1 heterocycles. The van der Waals surface area contributed by atoms with E-state index in [9.17, 15) is 30.3 Å². The first-order chi connectivity index (χ1) is 31.3. The average Bonchev–Trinajstić information content (AvgIpc) is 3.29.